The highest BCUT2D eigenvalue weighted by atomic mass is 16.4. The number of fused-ring (bicyclic) bond motifs is 8. The molecule has 0 saturated carbocycles. The first-order valence-corrected chi connectivity index (χ1v) is 16.9. The third-order valence-electron chi connectivity index (χ3n) is 9.46. The van der Waals surface area contributed by atoms with E-state index in [2.05, 4.69) is 79.8 Å². The molecule has 0 unspecified atom stereocenters. The zero-order valence-corrected chi connectivity index (χ0v) is 27.4. The fraction of sp³-hybridized carbons (Fsp3) is 0.0667. The molecule has 6 heteroatoms. The Morgan fingerprint density at radius 1 is 0.451 bits per heavy atom. The van der Waals surface area contributed by atoms with Crippen LogP contribution in [0.15, 0.2) is 142 Å². The summed E-state index contributed by atoms with van der Waals surface area (Å²) in [5.41, 5.74) is 14.2. The van der Waals surface area contributed by atoms with E-state index in [-0.39, 0.29) is 0 Å². The van der Waals surface area contributed by atoms with Crippen LogP contribution in [0.4, 0.5) is 11.4 Å². The molecular weight excluding hydrogens is 629 g/mol. The minimum Gasteiger partial charge on any atom is -0.436 e. The molecule has 0 radical (unpaired) electrons. The van der Waals surface area contributed by atoms with Gasteiger partial charge in [0.25, 0.3) is 0 Å². The lowest BCUT2D eigenvalue weighted by molar-refractivity contribution is 0.619. The van der Waals surface area contributed by atoms with Crippen molar-refractivity contribution in [3.8, 4) is 46.6 Å². The van der Waals surface area contributed by atoms with Gasteiger partial charge in [-0.3, -0.25) is 0 Å². The van der Waals surface area contributed by atoms with Crippen LogP contribution in [0.25, 0.3) is 45.1 Å². The van der Waals surface area contributed by atoms with E-state index in [9.17, 15) is 0 Å². The normalized spacial score (nSPS) is 12.9. The Balaban J connectivity index is 0.833. The molecule has 51 heavy (non-hydrogen) atoms. The van der Waals surface area contributed by atoms with Crippen molar-refractivity contribution in [3.63, 3.8) is 0 Å². The average molecular weight is 657 g/mol. The molecule has 2 aliphatic heterocycles. The van der Waals surface area contributed by atoms with Crippen LogP contribution in [0.5, 0.6) is 0 Å². The van der Waals surface area contributed by atoms with Crippen LogP contribution in [0.2, 0.25) is 0 Å². The molecular formula is C45H28N4O2. The number of aromatic nitrogens is 2. The van der Waals surface area contributed by atoms with Crippen LogP contribution in [0.1, 0.15) is 33.4 Å². The maximum absolute atomic E-state index is 5.92. The van der Waals surface area contributed by atoms with Crippen LogP contribution in [-0.2, 0) is 13.1 Å². The van der Waals surface area contributed by atoms with Gasteiger partial charge in [0.15, 0.2) is 11.2 Å². The molecule has 0 saturated heterocycles. The zero-order chi connectivity index (χ0) is 33.7. The molecule has 8 aromatic rings. The van der Waals surface area contributed by atoms with Gasteiger partial charge in [0.05, 0.1) is 6.67 Å². The maximum Gasteiger partial charge on any atom is 0.227 e. The second kappa shape index (κ2) is 11.8. The Labute approximate surface area is 294 Å². The van der Waals surface area contributed by atoms with Crippen LogP contribution in [0.3, 0.4) is 0 Å². The molecule has 0 fully saturated rings. The molecule has 6 aromatic carbocycles. The lowest BCUT2D eigenvalue weighted by Crippen LogP contribution is -2.46. The van der Waals surface area contributed by atoms with Crippen molar-refractivity contribution in [1.82, 2.24) is 9.97 Å². The van der Waals surface area contributed by atoms with E-state index in [1.807, 2.05) is 97.1 Å². The maximum atomic E-state index is 5.92. The fourth-order valence-electron chi connectivity index (χ4n) is 6.91. The van der Waals surface area contributed by atoms with Crippen molar-refractivity contribution >= 4 is 33.6 Å². The molecule has 0 amide bonds. The first-order valence-electron chi connectivity index (χ1n) is 16.9. The van der Waals surface area contributed by atoms with Crippen LogP contribution >= 0.6 is 0 Å². The van der Waals surface area contributed by atoms with E-state index in [0.29, 0.717) is 11.8 Å². The number of hydrogen-bond donors (Lipinski definition) is 0. The number of hydrogen-bond acceptors (Lipinski definition) is 6. The highest BCUT2D eigenvalue weighted by Gasteiger charge is 2.29. The quantitative estimate of drug-likeness (QED) is 0.173. The minimum atomic E-state index is 0.617. The Kier molecular flexibility index (Phi) is 6.72. The molecule has 2 aliphatic rings. The molecule has 0 atom stereocenters. The molecule has 10 rings (SSSR count). The van der Waals surface area contributed by atoms with Gasteiger partial charge in [0, 0.05) is 57.8 Å². The van der Waals surface area contributed by atoms with Crippen molar-refractivity contribution in [2.45, 2.75) is 13.1 Å². The summed E-state index contributed by atoms with van der Waals surface area (Å²) in [5.74, 6) is 14.7. The van der Waals surface area contributed by atoms with Gasteiger partial charge < -0.3 is 18.6 Å². The summed E-state index contributed by atoms with van der Waals surface area (Å²) in [6.45, 7) is 2.55. The van der Waals surface area contributed by atoms with E-state index >= 15 is 0 Å². The second-order valence-corrected chi connectivity index (χ2v) is 12.9. The minimum absolute atomic E-state index is 0.617. The van der Waals surface area contributed by atoms with E-state index < -0.39 is 0 Å². The lowest BCUT2D eigenvalue weighted by Gasteiger charge is -2.44. The average Bonchev–Trinajstić information content (AvgIpc) is 3.82. The number of nitrogens with zero attached hydrogens (tertiary/aromatic N) is 4. The predicted octanol–water partition coefficient (Wildman–Crippen LogP) is 9.40. The van der Waals surface area contributed by atoms with Gasteiger partial charge in [-0.05, 0) is 120 Å². The summed E-state index contributed by atoms with van der Waals surface area (Å²) >= 11 is 0. The van der Waals surface area contributed by atoms with Crippen LogP contribution in [0, 0.1) is 23.7 Å². The van der Waals surface area contributed by atoms with Crippen molar-refractivity contribution in [1.29, 1.82) is 0 Å². The van der Waals surface area contributed by atoms with E-state index in [4.69, 9.17) is 8.83 Å². The molecule has 0 aliphatic carbocycles. The van der Waals surface area contributed by atoms with Gasteiger partial charge >= 0.3 is 0 Å². The van der Waals surface area contributed by atoms with Crippen molar-refractivity contribution in [2.75, 3.05) is 16.5 Å². The smallest absolute Gasteiger partial charge is 0.227 e. The Morgan fingerprint density at radius 3 is 1.31 bits per heavy atom. The number of anilines is 2. The highest BCUT2D eigenvalue weighted by Crippen LogP contribution is 2.38. The van der Waals surface area contributed by atoms with Crippen molar-refractivity contribution in [2.24, 2.45) is 0 Å². The van der Waals surface area contributed by atoms with Gasteiger partial charge in [0.2, 0.25) is 11.8 Å². The SMILES string of the molecule is C(#Cc1ccc2c(c1)CN1CN2Cc2cc(C#Cc3ccc(-c4nc5ccccc5o4)cc3)ccc21)c1ccc(-c2nc3ccccc3o2)cc1. The van der Waals surface area contributed by atoms with Crippen LogP contribution in [-0.4, -0.2) is 16.6 Å². The monoisotopic (exact) mass is 656 g/mol. The lowest BCUT2D eigenvalue weighted by atomic mass is 9.98. The summed E-state index contributed by atoms with van der Waals surface area (Å²) in [6.07, 6.45) is 0. The van der Waals surface area contributed by atoms with Crippen molar-refractivity contribution < 1.29 is 8.83 Å². The highest BCUT2D eigenvalue weighted by molar-refractivity contribution is 5.77. The van der Waals surface area contributed by atoms with E-state index in [1.54, 1.807) is 0 Å². The standard InChI is InChI=1S/C45H28N4O2/c1-3-7-42-38(5-1)46-44(50-42)34-19-13-30(14-20-34)9-11-32-17-23-40-36(25-32)27-48-29-49(40)28-37-26-33(18-24-41(37)48)12-10-31-15-21-35(22-16-31)45-47-39-6-2-4-8-43(39)51-45/h1-8,13-26H,27-29H2. The van der Waals surface area contributed by atoms with Gasteiger partial charge in [-0.15, -0.1) is 0 Å². The summed E-state index contributed by atoms with van der Waals surface area (Å²) in [5, 5.41) is 0. The molecule has 2 bridgehead atoms. The third-order valence-corrected chi connectivity index (χ3v) is 9.46. The summed E-state index contributed by atoms with van der Waals surface area (Å²) in [6, 6.07) is 44.9. The molecule has 4 heterocycles. The molecule has 240 valence electrons. The summed E-state index contributed by atoms with van der Waals surface area (Å²) in [4.78, 5) is 14.1. The number of benzene rings is 6. The molecule has 0 N–H and O–H groups in total. The predicted molar refractivity (Wildman–Crippen MR) is 201 cm³/mol. The number of rotatable bonds is 2. The van der Waals surface area contributed by atoms with E-state index in [0.717, 1.165) is 75.3 Å². The molecule has 6 nitrogen and oxygen atoms in total. The summed E-state index contributed by atoms with van der Waals surface area (Å²) in [7, 11) is 0. The number of para-hydroxylation sites is 4. The van der Waals surface area contributed by atoms with Gasteiger partial charge in [-0.25, -0.2) is 9.97 Å². The van der Waals surface area contributed by atoms with Gasteiger partial charge in [-0.2, -0.15) is 0 Å². The Hall–Kier alpha value is -7.02. The van der Waals surface area contributed by atoms with E-state index in [1.165, 1.54) is 22.5 Å². The Bertz CT molecular complexity index is 2500. The van der Waals surface area contributed by atoms with Crippen molar-refractivity contribution in [3.05, 3.63) is 167 Å². The van der Waals surface area contributed by atoms with Crippen LogP contribution < -0.4 is 9.80 Å². The topological polar surface area (TPSA) is 58.5 Å². The van der Waals surface area contributed by atoms with Gasteiger partial charge in [0.1, 0.15) is 11.0 Å². The third kappa shape index (κ3) is 5.46. The first-order chi connectivity index (χ1) is 25.2. The summed E-state index contributed by atoms with van der Waals surface area (Å²) < 4.78 is 11.8. The number of oxazole rings is 2. The molecule has 2 aromatic heterocycles. The second-order valence-electron chi connectivity index (χ2n) is 12.9. The largest absolute Gasteiger partial charge is 0.436 e. The first kappa shape index (κ1) is 28.9. The zero-order valence-electron chi connectivity index (χ0n) is 27.4. The fourth-order valence-corrected chi connectivity index (χ4v) is 6.91. The Morgan fingerprint density at radius 2 is 0.863 bits per heavy atom. The molecule has 0 spiro atoms. The van der Waals surface area contributed by atoms with Gasteiger partial charge in [-0.1, -0.05) is 47.9 Å².